The van der Waals surface area contributed by atoms with Crippen LogP contribution in [0, 0.1) is 0 Å². The van der Waals surface area contributed by atoms with E-state index in [2.05, 4.69) is 28.6 Å². The second kappa shape index (κ2) is 27.9. The lowest BCUT2D eigenvalue weighted by Gasteiger charge is -2.09. The molecule has 0 aliphatic heterocycles. The fourth-order valence-corrected chi connectivity index (χ4v) is 2.96. The molecule has 1 aromatic rings. The third-order valence-corrected chi connectivity index (χ3v) is 4.81. The Balaban J connectivity index is -0.000000494. The van der Waals surface area contributed by atoms with Gasteiger partial charge in [0.2, 0.25) is 0 Å². The molecule has 1 unspecified atom stereocenters. The van der Waals surface area contributed by atoms with E-state index in [1.54, 1.807) is 18.2 Å². The predicted octanol–water partition coefficient (Wildman–Crippen LogP) is 9.09. The molecule has 0 saturated carbocycles. The first-order valence-corrected chi connectivity index (χ1v) is 13.0. The van der Waals surface area contributed by atoms with Gasteiger partial charge in [-0.25, -0.2) is 0 Å². The molecule has 0 aromatic heterocycles. The summed E-state index contributed by atoms with van der Waals surface area (Å²) in [4.78, 5) is 0. The molecular weight excluding hydrogens is 453 g/mol. The van der Waals surface area contributed by atoms with Crippen LogP contribution in [0.25, 0.3) is 0 Å². The minimum absolute atomic E-state index is 0.0547. The summed E-state index contributed by atoms with van der Waals surface area (Å²) in [5, 5.41) is 28.3. The standard InChI is InChI=1S/C13H21OP.C12H15NO2.C3H8.C2H6/c1-5-8-12(14)11(7-3)10(4)13(15)9-6-2;14-10-6-2-1-3-7-11-8-4-5-9-12(11)13-15;1-3-2;1-2/h5-6,8-9,14H,7,15H2,1-4H3;1-6,8-9,13-15H,7,10H2;3H2,1-2H3;1-2H3/b8-5-,9-6-,12-11-,13-10-;3-1-,6-2-;;. The Morgan fingerprint density at radius 3 is 2.00 bits per heavy atom. The summed E-state index contributed by atoms with van der Waals surface area (Å²) in [6.07, 6.45) is 17.7. The summed E-state index contributed by atoms with van der Waals surface area (Å²) >= 11 is 0. The number of allylic oxidation sites excluding steroid dienone is 10. The van der Waals surface area contributed by atoms with Crippen molar-refractivity contribution in [3.05, 3.63) is 101 Å². The quantitative estimate of drug-likeness (QED) is 0.117. The second-order valence-corrected chi connectivity index (χ2v) is 7.64. The van der Waals surface area contributed by atoms with Crippen molar-refractivity contribution in [3.8, 4) is 0 Å². The van der Waals surface area contributed by atoms with E-state index < -0.39 is 0 Å². The maximum Gasteiger partial charge on any atom is 0.118 e. The number of nitrogens with one attached hydrogen (secondary N) is 1. The van der Waals surface area contributed by atoms with Gasteiger partial charge in [0.1, 0.15) is 5.76 Å². The van der Waals surface area contributed by atoms with Crippen molar-refractivity contribution in [2.75, 3.05) is 12.1 Å². The number of aliphatic hydroxyl groups is 2. The van der Waals surface area contributed by atoms with E-state index in [1.165, 1.54) is 6.42 Å². The van der Waals surface area contributed by atoms with Crippen LogP contribution in [-0.4, -0.2) is 22.0 Å². The molecule has 0 bridgehead atoms. The Bertz CT molecular complexity index is 819. The zero-order chi connectivity index (χ0) is 27.5. The fourth-order valence-electron chi connectivity index (χ4n) is 2.60. The Morgan fingerprint density at radius 2 is 1.51 bits per heavy atom. The summed E-state index contributed by atoms with van der Waals surface area (Å²) in [6.45, 7) is 16.3. The summed E-state index contributed by atoms with van der Waals surface area (Å²) < 4.78 is 0. The van der Waals surface area contributed by atoms with Crippen LogP contribution in [0.2, 0.25) is 0 Å². The van der Waals surface area contributed by atoms with Crippen LogP contribution in [0.15, 0.2) is 95.1 Å². The highest BCUT2D eigenvalue weighted by molar-refractivity contribution is 7.23. The van der Waals surface area contributed by atoms with Crippen LogP contribution in [0.3, 0.4) is 0 Å². The maximum absolute atomic E-state index is 9.82. The molecule has 4 nitrogen and oxygen atoms in total. The van der Waals surface area contributed by atoms with Gasteiger partial charge in [-0.05, 0) is 67.8 Å². The summed E-state index contributed by atoms with van der Waals surface area (Å²) in [6, 6.07) is 7.54. The first-order valence-electron chi connectivity index (χ1n) is 12.4. The highest BCUT2D eigenvalue weighted by Gasteiger charge is 2.05. The molecule has 0 aliphatic rings. The van der Waals surface area contributed by atoms with E-state index in [9.17, 15) is 5.11 Å². The number of para-hydroxylation sites is 1. The monoisotopic (exact) mass is 503 g/mol. The average molecular weight is 504 g/mol. The number of anilines is 1. The normalized spacial score (nSPS) is 12.3. The summed E-state index contributed by atoms with van der Waals surface area (Å²) in [5.74, 6) is 0.363. The molecule has 35 heavy (non-hydrogen) atoms. The average Bonchev–Trinajstić information content (AvgIpc) is 2.87. The minimum Gasteiger partial charge on any atom is -0.508 e. The Labute approximate surface area is 217 Å². The van der Waals surface area contributed by atoms with Gasteiger partial charge in [-0.1, -0.05) is 102 Å². The largest absolute Gasteiger partial charge is 0.508 e. The van der Waals surface area contributed by atoms with E-state index in [0.29, 0.717) is 11.4 Å². The number of hydrogen-bond donors (Lipinski definition) is 4. The Kier molecular flexibility index (Phi) is 29.6. The molecule has 0 saturated heterocycles. The van der Waals surface area contributed by atoms with Crippen molar-refractivity contribution in [3.63, 3.8) is 0 Å². The highest BCUT2D eigenvalue weighted by atomic mass is 31.0. The topological polar surface area (TPSA) is 72.7 Å². The molecule has 1 rings (SSSR count). The van der Waals surface area contributed by atoms with Gasteiger partial charge in [0.25, 0.3) is 0 Å². The molecule has 0 fully saturated rings. The Morgan fingerprint density at radius 1 is 0.971 bits per heavy atom. The summed E-state index contributed by atoms with van der Waals surface area (Å²) in [5.41, 5.74) is 6.01. The molecule has 5 heteroatoms. The lowest BCUT2D eigenvalue weighted by Crippen LogP contribution is -1.94. The van der Waals surface area contributed by atoms with Gasteiger partial charge in [-0.2, -0.15) is 0 Å². The second-order valence-electron chi connectivity index (χ2n) is 7.02. The SMILES string of the molecule is CC.CCC.C\C=C/C(O)=C(CC)/C(C)=C(P)/C=C\C.OC/C=C\C=C/Cc1ccccc1NO. The van der Waals surface area contributed by atoms with Crippen LogP contribution >= 0.6 is 9.24 Å². The van der Waals surface area contributed by atoms with Gasteiger partial charge in [0.15, 0.2) is 0 Å². The van der Waals surface area contributed by atoms with E-state index in [0.717, 1.165) is 34.9 Å². The van der Waals surface area contributed by atoms with E-state index in [-0.39, 0.29) is 6.61 Å². The van der Waals surface area contributed by atoms with Crippen LogP contribution in [-0.2, 0) is 6.42 Å². The van der Waals surface area contributed by atoms with Gasteiger partial charge < -0.3 is 10.2 Å². The molecule has 4 N–H and O–H groups in total. The van der Waals surface area contributed by atoms with Crippen LogP contribution < -0.4 is 5.48 Å². The Hall–Kier alpha value is -2.39. The van der Waals surface area contributed by atoms with E-state index in [1.807, 2.05) is 96.2 Å². The summed E-state index contributed by atoms with van der Waals surface area (Å²) in [7, 11) is 2.70. The minimum atomic E-state index is 0.0547. The number of aliphatic hydroxyl groups excluding tert-OH is 2. The number of benzene rings is 1. The van der Waals surface area contributed by atoms with Crippen LogP contribution in [0.5, 0.6) is 0 Å². The first kappa shape index (κ1) is 37.2. The van der Waals surface area contributed by atoms with Gasteiger partial charge in [0.05, 0.1) is 12.3 Å². The van der Waals surface area contributed by atoms with Gasteiger partial charge in [-0.15, -0.1) is 9.24 Å². The van der Waals surface area contributed by atoms with Crippen LogP contribution in [0.4, 0.5) is 5.69 Å². The zero-order valence-electron chi connectivity index (χ0n) is 23.2. The maximum atomic E-state index is 9.82. The molecule has 0 radical (unpaired) electrons. The first-order chi connectivity index (χ1) is 16.9. The molecule has 0 aliphatic carbocycles. The predicted molar refractivity (Wildman–Crippen MR) is 160 cm³/mol. The van der Waals surface area contributed by atoms with Crippen molar-refractivity contribution in [2.45, 2.75) is 74.7 Å². The molecule has 0 spiro atoms. The van der Waals surface area contributed by atoms with Gasteiger partial charge >= 0.3 is 0 Å². The van der Waals surface area contributed by atoms with Crippen molar-refractivity contribution in [1.29, 1.82) is 0 Å². The van der Waals surface area contributed by atoms with Crippen molar-refractivity contribution in [1.82, 2.24) is 0 Å². The molecule has 198 valence electrons. The van der Waals surface area contributed by atoms with E-state index >= 15 is 0 Å². The molecular formula is C30H50NO3P. The van der Waals surface area contributed by atoms with Gasteiger partial charge in [0, 0.05) is 0 Å². The number of rotatable bonds is 9. The lowest BCUT2D eigenvalue weighted by molar-refractivity contribution is 0.343. The van der Waals surface area contributed by atoms with E-state index in [4.69, 9.17) is 10.3 Å². The third kappa shape index (κ3) is 19.6. The lowest BCUT2D eigenvalue weighted by atomic mass is 10.0. The molecule has 1 aromatic carbocycles. The van der Waals surface area contributed by atoms with Crippen molar-refractivity contribution >= 4 is 14.9 Å². The molecule has 1 atom stereocenters. The zero-order valence-corrected chi connectivity index (χ0v) is 24.3. The highest BCUT2D eigenvalue weighted by Crippen LogP contribution is 2.25. The molecule has 0 amide bonds. The smallest absolute Gasteiger partial charge is 0.118 e. The van der Waals surface area contributed by atoms with Crippen molar-refractivity contribution in [2.24, 2.45) is 0 Å². The molecule has 0 heterocycles. The third-order valence-electron chi connectivity index (χ3n) is 4.18. The van der Waals surface area contributed by atoms with Gasteiger partial charge in [-0.3, -0.25) is 10.7 Å². The number of hydrogen-bond acceptors (Lipinski definition) is 4. The fraction of sp³-hybridized carbons (Fsp3) is 0.400. The van der Waals surface area contributed by atoms with Crippen LogP contribution in [0.1, 0.15) is 73.8 Å². The van der Waals surface area contributed by atoms with Crippen molar-refractivity contribution < 1.29 is 15.4 Å².